The van der Waals surface area contributed by atoms with Crippen molar-refractivity contribution in [3.8, 4) is 16.9 Å². The molecule has 0 amide bonds. The molecule has 0 radical (unpaired) electrons. The minimum Gasteiger partial charge on any atom is -0.487 e. The molecule has 0 aliphatic carbocycles. The highest BCUT2D eigenvalue weighted by Gasteiger charge is 2.29. The average molecular weight is 257 g/mol. The molecule has 0 fully saturated rings. The lowest BCUT2D eigenvalue weighted by Crippen LogP contribution is -2.24. The van der Waals surface area contributed by atoms with Gasteiger partial charge >= 0.3 is 0 Å². The van der Waals surface area contributed by atoms with Crippen LogP contribution in [0.1, 0.15) is 19.4 Å². The number of ether oxygens (including phenoxy) is 1. The van der Waals surface area contributed by atoms with Crippen molar-refractivity contribution in [2.75, 3.05) is 5.73 Å². The maximum absolute atomic E-state index is 13.5. The quantitative estimate of drug-likeness (QED) is 0.789. The third-order valence-electron chi connectivity index (χ3n) is 3.40. The molecule has 2 aromatic carbocycles. The molecule has 2 aromatic rings. The highest BCUT2D eigenvalue weighted by Crippen LogP contribution is 2.37. The summed E-state index contributed by atoms with van der Waals surface area (Å²) in [5, 5.41) is 0. The molecule has 0 saturated carbocycles. The molecule has 0 unspecified atom stereocenters. The van der Waals surface area contributed by atoms with Crippen LogP contribution in [0.3, 0.4) is 0 Å². The van der Waals surface area contributed by atoms with E-state index in [1.807, 2.05) is 18.2 Å². The summed E-state index contributed by atoms with van der Waals surface area (Å²) in [7, 11) is 0. The standard InChI is InChI=1S/C16H16FNO/c1-16(2)9-12-7-10(4-6-15(12)19-16)11-3-5-14(18)13(17)8-11/h3-8H,9,18H2,1-2H3. The van der Waals surface area contributed by atoms with Gasteiger partial charge in [-0.25, -0.2) is 4.39 Å². The van der Waals surface area contributed by atoms with Gasteiger partial charge in [-0.3, -0.25) is 0 Å². The Labute approximate surface area is 112 Å². The van der Waals surface area contributed by atoms with E-state index in [-0.39, 0.29) is 17.1 Å². The first-order valence-corrected chi connectivity index (χ1v) is 6.32. The van der Waals surface area contributed by atoms with Crippen molar-refractivity contribution < 1.29 is 9.13 Å². The summed E-state index contributed by atoms with van der Waals surface area (Å²) in [6.45, 7) is 4.13. The molecule has 98 valence electrons. The summed E-state index contributed by atoms with van der Waals surface area (Å²) in [6, 6.07) is 10.9. The Kier molecular flexibility index (Phi) is 2.52. The monoisotopic (exact) mass is 257 g/mol. The van der Waals surface area contributed by atoms with E-state index in [1.165, 1.54) is 11.6 Å². The Morgan fingerprint density at radius 1 is 1.11 bits per heavy atom. The average Bonchev–Trinajstić information content (AvgIpc) is 2.65. The third-order valence-corrected chi connectivity index (χ3v) is 3.40. The van der Waals surface area contributed by atoms with Crippen LogP contribution in [0, 0.1) is 5.82 Å². The zero-order valence-corrected chi connectivity index (χ0v) is 11.0. The van der Waals surface area contributed by atoms with Gasteiger partial charge in [-0.2, -0.15) is 0 Å². The van der Waals surface area contributed by atoms with Gasteiger partial charge in [-0.1, -0.05) is 12.1 Å². The molecule has 19 heavy (non-hydrogen) atoms. The van der Waals surface area contributed by atoms with Gasteiger partial charge in [0, 0.05) is 6.42 Å². The van der Waals surface area contributed by atoms with Crippen LogP contribution in [0.2, 0.25) is 0 Å². The number of rotatable bonds is 1. The number of hydrogen-bond acceptors (Lipinski definition) is 2. The summed E-state index contributed by atoms with van der Waals surface area (Å²) >= 11 is 0. The lowest BCUT2D eigenvalue weighted by molar-refractivity contribution is 0.138. The van der Waals surface area contributed by atoms with E-state index < -0.39 is 0 Å². The van der Waals surface area contributed by atoms with Crippen LogP contribution in [0.15, 0.2) is 36.4 Å². The van der Waals surface area contributed by atoms with E-state index >= 15 is 0 Å². The number of anilines is 1. The van der Waals surface area contributed by atoms with Crippen LogP contribution in [0.5, 0.6) is 5.75 Å². The smallest absolute Gasteiger partial charge is 0.146 e. The zero-order chi connectivity index (χ0) is 13.6. The highest BCUT2D eigenvalue weighted by atomic mass is 19.1. The van der Waals surface area contributed by atoms with E-state index in [0.717, 1.165) is 23.3 Å². The fraction of sp³-hybridized carbons (Fsp3) is 0.250. The second kappa shape index (κ2) is 3.98. The SMILES string of the molecule is CC1(C)Cc2cc(-c3ccc(N)c(F)c3)ccc2O1. The first kappa shape index (κ1) is 12.0. The van der Waals surface area contributed by atoms with Crippen molar-refractivity contribution in [2.45, 2.75) is 25.9 Å². The number of halogens is 1. The highest BCUT2D eigenvalue weighted by molar-refractivity contribution is 5.68. The van der Waals surface area contributed by atoms with Crippen molar-refractivity contribution in [2.24, 2.45) is 0 Å². The predicted molar refractivity (Wildman–Crippen MR) is 74.7 cm³/mol. The first-order valence-electron chi connectivity index (χ1n) is 6.32. The van der Waals surface area contributed by atoms with Gasteiger partial charge in [0.15, 0.2) is 0 Å². The molecule has 3 rings (SSSR count). The minimum absolute atomic E-state index is 0.159. The van der Waals surface area contributed by atoms with Crippen LogP contribution in [0.25, 0.3) is 11.1 Å². The van der Waals surface area contributed by atoms with E-state index in [4.69, 9.17) is 10.5 Å². The Balaban J connectivity index is 2.02. The topological polar surface area (TPSA) is 35.2 Å². The van der Waals surface area contributed by atoms with Crippen molar-refractivity contribution in [3.63, 3.8) is 0 Å². The molecule has 1 aliphatic rings. The number of hydrogen-bond donors (Lipinski definition) is 1. The summed E-state index contributed by atoms with van der Waals surface area (Å²) in [4.78, 5) is 0. The van der Waals surface area contributed by atoms with Crippen molar-refractivity contribution >= 4 is 5.69 Å². The Hall–Kier alpha value is -2.03. The van der Waals surface area contributed by atoms with E-state index in [9.17, 15) is 4.39 Å². The number of fused-ring (bicyclic) bond motifs is 1. The lowest BCUT2D eigenvalue weighted by Gasteiger charge is -2.16. The molecule has 0 spiro atoms. The maximum Gasteiger partial charge on any atom is 0.146 e. The summed E-state index contributed by atoms with van der Waals surface area (Å²) in [5.74, 6) is 0.541. The molecule has 0 atom stereocenters. The van der Waals surface area contributed by atoms with E-state index in [0.29, 0.717) is 0 Å². The molecule has 1 aliphatic heterocycles. The van der Waals surface area contributed by atoms with E-state index in [2.05, 4.69) is 19.9 Å². The van der Waals surface area contributed by atoms with Gasteiger partial charge < -0.3 is 10.5 Å². The van der Waals surface area contributed by atoms with Crippen molar-refractivity contribution in [3.05, 3.63) is 47.8 Å². The normalized spacial score (nSPS) is 15.9. The number of benzene rings is 2. The van der Waals surface area contributed by atoms with Crippen LogP contribution in [-0.4, -0.2) is 5.60 Å². The van der Waals surface area contributed by atoms with Gasteiger partial charge in [0.25, 0.3) is 0 Å². The second-order valence-corrected chi connectivity index (χ2v) is 5.60. The molecule has 0 aromatic heterocycles. The Morgan fingerprint density at radius 2 is 1.79 bits per heavy atom. The van der Waals surface area contributed by atoms with Gasteiger partial charge in [-0.15, -0.1) is 0 Å². The predicted octanol–water partition coefficient (Wildman–Crippen LogP) is 3.79. The van der Waals surface area contributed by atoms with E-state index in [1.54, 1.807) is 6.07 Å². The van der Waals surface area contributed by atoms with Crippen LogP contribution >= 0.6 is 0 Å². The molecule has 3 heteroatoms. The molecular formula is C16H16FNO. The first-order chi connectivity index (χ1) is 8.94. The van der Waals surface area contributed by atoms with Gasteiger partial charge in [0.2, 0.25) is 0 Å². The van der Waals surface area contributed by atoms with Gasteiger partial charge in [0.1, 0.15) is 17.2 Å². The van der Waals surface area contributed by atoms with Gasteiger partial charge in [0.05, 0.1) is 5.69 Å². The number of nitrogens with two attached hydrogens (primary N) is 1. The van der Waals surface area contributed by atoms with Gasteiger partial charge in [-0.05, 0) is 54.8 Å². The largest absolute Gasteiger partial charge is 0.487 e. The number of nitrogen functional groups attached to an aromatic ring is 1. The molecule has 1 heterocycles. The minimum atomic E-state index is -0.380. The van der Waals surface area contributed by atoms with Crippen molar-refractivity contribution in [1.29, 1.82) is 0 Å². The molecule has 2 N–H and O–H groups in total. The summed E-state index contributed by atoms with van der Waals surface area (Å²) in [6.07, 6.45) is 0.869. The molecule has 2 nitrogen and oxygen atoms in total. The van der Waals surface area contributed by atoms with Crippen LogP contribution in [0.4, 0.5) is 10.1 Å². The maximum atomic E-state index is 13.5. The third kappa shape index (κ3) is 2.16. The fourth-order valence-corrected chi connectivity index (χ4v) is 2.50. The summed E-state index contributed by atoms with van der Waals surface area (Å²) < 4.78 is 19.3. The fourth-order valence-electron chi connectivity index (χ4n) is 2.50. The van der Waals surface area contributed by atoms with Crippen LogP contribution in [-0.2, 0) is 6.42 Å². The Morgan fingerprint density at radius 3 is 2.53 bits per heavy atom. The lowest BCUT2D eigenvalue weighted by atomic mass is 9.97. The molecular weight excluding hydrogens is 241 g/mol. The molecule has 0 bridgehead atoms. The zero-order valence-electron chi connectivity index (χ0n) is 11.0. The van der Waals surface area contributed by atoms with Crippen molar-refractivity contribution in [1.82, 2.24) is 0 Å². The molecule has 0 saturated heterocycles. The Bertz CT molecular complexity index is 649. The summed E-state index contributed by atoms with van der Waals surface area (Å²) in [5.41, 5.74) is 8.50. The van der Waals surface area contributed by atoms with Crippen LogP contribution < -0.4 is 10.5 Å². The second-order valence-electron chi connectivity index (χ2n) is 5.60.